The topological polar surface area (TPSA) is 46.3 Å². The first-order valence-corrected chi connectivity index (χ1v) is 6.75. The van der Waals surface area contributed by atoms with Crippen LogP contribution in [0.15, 0.2) is 24.3 Å². The number of carbonyl (C=O) groups excluding carboxylic acids is 1. The Morgan fingerprint density at radius 2 is 2.22 bits per heavy atom. The lowest BCUT2D eigenvalue weighted by atomic mass is 9.83. The van der Waals surface area contributed by atoms with Crippen molar-refractivity contribution in [2.45, 2.75) is 32.2 Å². The van der Waals surface area contributed by atoms with Gasteiger partial charge < -0.3 is 10.6 Å². The molecule has 1 aliphatic carbocycles. The molecule has 0 unspecified atom stereocenters. The molecule has 1 aromatic rings. The van der Waals surface area contributed by atoms with Gasteiger partial charge >= 0.3 is 0 Å². The highest BCUT2D eigenvalue weighted by molar-refractivity contribution is 5.94. The van der Waals surface area contributed by atoms with Crippen LogP contribution in [-0.2, 0) is 6.54 Å². The normalized spacial score (nSPS) is 15.2. The van der Waals surface area contributed by atoms with Gasteiger partial charge in [-0.1, -0.05) is 31.4 Å². The van der Waals surface area contributed by atoms with Gasteiger partial charge in [0, 0.05) is 25.7 Å². The van der Waals surface area contributed by atoms with Crippen molar-refractivity contribution in [3.8, 4) is 0 Å². The fraction of sp³-hybridized carbons (Fsp3) is 0.533. The van der Waals surface area contributed by atoms with E-state index < -0.39 is 0 Å². The lowest BCUT2D eigenvalue weighted by Gasteiger charge is -2.27. The summed E-state index contributed by atoms with van der Waals surface area (Å²) in [7, 11) is 1.89. The molecular formula is C15H22N2O. The van der Waals surface area contributed by atoms with Crippen LogP contribution in [0.2, 0.25) is 0 Å². The van der Waals surface area contributed by atoms with Crippen LogP contribution < -0.4 is 5.73 Å². The first-order valence-electron chi connectivity index (χ1n) is 6.75. The Hall–Kier alpha value is -1.35. The SMILES string of the molecule is CN(CCC1CCC1)C(=O)c1cccc(CN)c1. The van der Waals surface area contributed by atoms with Crippen molar-refractivity contribution in [2.75, 3.05) is 13.6 Å². The smallest absolute Gasteiger partial charge is 0.253 e. The number of nitrogens with zero attached hydrogens (tertiary/aromatic N) is 1. The molecule has 1 saturated carbocycles. The molecule has 0 atom stereocenters. The Morgan fingerprint density at radius 3 is 2.83 bits per heavy atom. The molecule has 3 nitrogen and oxygen atoms in total. The second-order valence-electron chi connectivity index (χ2n) is 5.22. The van der Waals surface area contributed by atoms with Crippen LogP contribution in [0.25, 0.3) is 0 Å². The molecular weight excluding hydrogens is 224 g/mol. The summed E-state index contributed by atoms with van der Waals surface area (Å²) >= 11 is 0. The average Bonchev–Trinajstić information content (AvgIpc) is 2.36. The molecule has 0 aromatic heterocycles. The van der Waals surface area contributed by atoms with Crippen molar-refractivity contribution >= 4 is 5.91 Å². The van der Waals surface area contributed by atoms with Gasteiger partial charge in [-0.25, -0.2) is 0 Å². The minimum absolute atomic E-state index is 0.102. The van der Waals surface area contributed by atoms with E-state index in [9.17, 15) is 4.79 Å². The highest BCUT2D eigenvalue weighted by atomic mass is 16.2. The molecule has 0 heterocycles. The fourth-order valence-corrected chi connectivity index (χ4v) is 2.31. The molecule has 3 heteroatoms. The second-order valence-corrected chi connectivity index (χ2v) is 5.22. The maximum absolute atomic E-state index is 12.2. The molecule has 0 spiro atoms. The van der Waals surface area contributed by atoms with Gasteiger partial charge in [0.15, 0.2) is 0 Å². The summed E-state index contributed by atoms with van der Waals surface area (Å²) in [5.41, 5.74) is 7.35. The maximum atomic E-state index is 12.2. The third kappa shape index (κ3) is 3.10. The first-order chi connectivity index (χ1) is 8.70. The Balaban J connectivity index is 1.91. The Morgan fingerprint density at radius 1 is 1.44 bits per heavy atom. The molecule has 2 N–H and O–H groups in total. The lowest BCUT2D eigenvalue weighted by molar-refractivity contribution is 0.0779. The summed E-state index contributed by atoms with van der Waals surface area (Å²) in [6.07, 6.45) is 5.18. The third-order valence-corrected chi connectivity index (χ3v) is 3.85. The van der Waals surface area contributed by atoms with Crippen LogP contribution in [0.4, 0.5) is 0 Å². The minimum Gasteiger partial charge on any atom is -0.342 e. The molecule has 98 valence electrons. The number of amides is 1. The molecule has 1 fully saturated rings. The number of rotatable bonds is 5. The van der Waals surface area contributed by atoms with Crippen LogP contribution in [0.5, 0.6) is 0 Å². The van der Waals surface area contributed by atoms with E-state index in [4.69, 9.17) is 5.73 Å². The van der Waals surface area contributed by atoms with E-state index >= 15 is 0 Å². The summed E-state index contributed by atoms with van der Waals surface area (Å²) in [5, 5.41) is 0. The zero-order valence-corrected chi connectivity index (χ0v) is 11.1. The number of hydrogen-bond acceptors (Lipinski definition) is 2. The predicted molar refractivity (Wildman–Crippen MR) is 73.3 cm³/mol. The van der Waals surface area contributed by atoms with Crippen LogP contribution in [0.3, 0.4) is 0 Å². The van der Waals surface area contributed by atoms with E-state index in [-0.39, 0.29) is 5.91 Å². The van der Waals surface area contributed by atoms with E-state index in [2.05, 4.69) is 0 Å². The summed E-state index contributed by atoms with van der Waals surface area (Å²) in [6, 6.07) is 7.60. The molecule has 18 heavy (non-hydrogen) atoms. The van der Waals surface area contributed by atoms with Gasteiger partial charge in [-0.3, -0.25) is 4.79 Å². The van der Waals surface area contributed by atoms with Crippen LogP contribution in [0, 0.1) is 5.92 Å². The molecule has 0 bridgehead atoms. The van der Waals surface area contributed by atoms with Crippen LogP contribution in [0.1, 0.15) is 41.6 Å². The third-order valence-electron chi connectivity index (χ3n) is 3.85. The van der Waals surface area contributed by atoms with Gasteiger partial charge in [0.25, 0.3) is 5.91 Å². The van der Waals surface area contributed by atoms with Crippen LogP contribution in [-0.4, -0.2) is 24.4 Å². The molecule has 2 rings (SSSR count). The summed E-state index contributed by atoms with van der Waals surface area (Å²) in [5.74, 6) is 0.945. The number of nitrogens with two attached hydrogens (primary N) is 1. The van der Waals surface area contributed by atoms with Crippen molar-refractivity contribution in [1.82, 2.24) is 4.90 Å². The van der Waals surface area contributed by atoms with Gasteiger partial charge in [-0.2, -0.15) is 0 Å². The number of carbonyl (C=O) groups is 1. The van der Waals surface area contributed by atoms with Gasteiger partial charge in [0.05, 0.1) is 0 Å². The molecule has 0 aliphatic heterocycles. The highest BCUT2D eigenvalue weighted by Crippen LogP contribution is 2.29. The zero-order chi connectivity index (χ0) is 13.0. The van der Waals surface area contributed by atoms with Crippen molar-refractivity contribution in [2.24, 2.45) is 11.7 Å². The molecule has 0 radical (unpaired) electrons. The van der Waals surface area contributed by atoms with Gasteiger partial charge in [0.1, 0.15) is 0 Å². The number of benzene rings is 1. The maximum Gasteiger partial charge on any atom is 0.253 e. The van der Waals surface area contributed by atoms with Crippen LogP contribution >= 0.6 is 0 Å². The van der Waals surface area contributed by atoms with Crippen molar-refractivity contribution in [1.29, 1.82) is 0 Å². The van der Waals surface area contributed by atoms with E-state index in [0.29, 0.717) is 6.54 Å². The predicted octanol–water partition coefficient (Wildman–Crippen LogP) is 2.41. The fourth-order valence-electron chi connectivity index (χ4n) is 2.31. The average molecular weight is 246 g/mol. The first kappa shape index (κ1) is 13.1. The van der Waals surface area contributed by atoms with Crippen molar-refractivity contribution < 1.29 is 4.79 Å². The quantitative estimate of drug-likeness (QED) is 0.867. The van der Waals surface area contributed by atoms with E-state index in [1.54, 1.807) is 0 Å². The summed E-state index contributed by atoms with van der Waals surface area (Å²) in [4.78, 5) is 14.0. The Kier molecular flexibility index (Phi) is 4.37. The minimum atomic E-state index is 0.102. The van der Waals surface area contributed by atoms with E-state index in [0.717, 1.165) is 30.0 Å². The lowest BCUT2D eigenvalue weighted by Crippen LogP contribution is -2.30. The van der Waals surface area contributed by atoms with E-state index in [1.807, 2.05) is 36.2 Å². The summed E-state index contributed by atoms with van der Waals surface area (Å²) in [6.45, 7) is 1.34. The van der Waals surface area contributed by atoms with E-state index in [1.165, 1.54) is 19.3 Å². The van der Waals surface area contributed by atoms with Gasteiger partial charge in [-0.15, -0.1) is 0 Å². The highest BCUT2D eigenvalue weighted by Gasteiger charge is 2.19. The second kappa shape index (κ2) is 6.01. The molecule has 1 aromatic carbocycles. The molecule has 1 amide bonds. The van der Waals surface area contributed by atoms with Crippen molar-refractivity contribution in [3.63, 3.8) is 0 Å². The largest absolute Gasteiger partial charge is 0.342 e. The Bertz CT molecular complexity index is 413. The molecule has 0 saturated heterocycles. The van der Waals surface area contributed by atoms with Crippen molar-refractivity contribution in [3.05, 3.63) is 35.4 Å². The zero-order valence-electron chi connectivity index (χ0n) is 11.1. The summed E-state index contributed by atoms with van der Waals surface area (Å²) < 4.78 is 0. The molecule has 1 aliphatic rings. The van der Waals surface area contributed by atoms with Gasteiger partial charge in [-0.05, 0) is 30.0 Å². The Labute approximate surface area is 109 Å². The van der Waals surface area contributed by atoms with Gasteiger partial charge in [0.2, 0.25) is 0 Å². The number of hydrogen-bond donors (Lipinski definition) is 1. The monoisotopic (exact) mass is 246 g/mol. The standard InChI is InChI=1S/C15H22N2O/c1-17(9-8-12-4-2-5-12)15(18)14-7-3-6-13(10-14)11-16/h3,6-7,10,12H,2,4-5,8-9,11,16H2,1H3.